The second kappa shape index (κ2) is 2.86. The summed E-state index contributed by atoms with van der Waals surface area (Å²) in [6, 6.07) is 0. The third-order valence-electron chi connectivity index (χ3n) is 5.21. The molecule has 4 atom stereocenters. The maximum atomic E-state index is 5.64. The number of fused-ring (bicyclic) bond motifs is 5. The van der Waals surface area contributed by atoms with Gasteiger partial charge in [-0.2, -0.15) is 0 Å². The largest absolute Gasteiger partial charge is 0.324 e. The maximum Gasteiger partial charge on any atom is 0.146 e. The molecule has 4 heteroatoms. The first-order valence-electron chi connectivity index (χ1n) is 6.39. The molecule has 4 rings (SSSR count). The topological polar surface area (TPSA) is 56.7 Å². The van der Waals surface area contributed by atoms with E-state index in [9.17, 15) is 0 Å². The highest BCUT2D eigenvalue weighted by Crippen LogP contribution is 2.72. The molecule has 3 aliphatic rings. The van der Waals surface area contributed by atoms with Gasteiger partial charge < -0.3 is 10.3 Å². The minimum Gasteiger partial charge on any atom is -0.324 e. The average molecular weight is 218 g/mol. The predicted octanol–water partition coefficient (Wildman–Crippen LogP) is 1.03. The smallest absolute Gasteiger partial charge is 0.146 e. The summed E-state index contributed by atoms with van der Waals surface area (Å²) >= 11 is 0. The van der Waals surface area contributed by atoms with Crippen LogP contribution in [0.2, 0.25) is 0 Å². The van der Waals surface area contributed by atoms with Crippen LogP contribution < -0.4 is 5.73 Å². The van der Waals surface area contributed by atoms with Crippen molar-refractivity contribution in [1.29, 1.82) is 0 Å². The average Bonchev–Trinajstić information content (AvgIpc) is 2.68. The second-order valence-electron chi connectivity index (χ2n) is 5.75. The number of hydrogen-bond acceptors (Lipinski definition) is 3. The first kappa shape index (κ1) is 9.16. The van der Waals surface area contributed by atoms with Gasteiger partial charge >= 0.3 is 0 Å². The molecule has 0 amide bonds. The van der Waals surface area contributed by atoms with Gasteiger partial charge in [-0.25, -0.2) is 0 Å². The Kier molecular flexibility index (Phi) is 1.64. The minimum atomic E-state index is 0.498. The van der Waals surface area contributed by atoms with Crippen LogP contribution in [0.4, 0.5) is 0 Å². The maximum absolute atomic E-state index is 5.64. The van der Waals surface area contributed by atoms with Crippen LogP contribution in [0.1, 0.15) is 36.8 Å². The molecule has 1 aromatic rings. The van der Waals surface area contributed by atoms with Gasteiger partial charge in [0, 0.05) is 13.0 Å². The summed E-state index contributed by atoms with van der Waals surface area (Å²) in [6.45, 7) is 0.498. The normalized spacial score (nSPS) is 43.8. The Morgan fingerprint density at radius 3 is 2.50 bits per heavy atom. The summed E-state index contributed by atoms with van der Waals surface area (Å²) in [7, 11) is 2.06. The summed E-state index contributed by atoms with van der Waals surface area (Å²) in [5, 5.41) is 8.54. The molecule has 16 heavy (non-hydrogen) atoms. The molecule has 1 aromatic heterocycles. The van der Waals surface area contributed by atoms with Crippen molar-refractivity contribution in [3.8, 4) is 0 Å². The molecular weight excluding hydrogens is 200 g/mol. The molecule has 4 unspecified atom stereocenters. The quantitative estimate of drug-likeness (QED) is 0.806. The van der Waals surface area contributed by atoms with Crippen molar-refractivity contribution in [3.63, 3.8) is 0 Å². The predicted molar refractivity (Wildman–Crippen MR) is 59.4 cm³/mol. The van der Waals surface area contributed by atoms with E-state index in [4.69, 9.17) is 5.73 Å². The lowest BCUT2D eigenvalue weighted by molar-refractivity contribution is 0.456. The highest BCUT2D eigenvalue weighted by Gasteiger charge is 2.66. The van der Waals surface area contributed by atoms with Crippen molar-refractivity contribution in [2.45, 2.75) is 31.7 Å². The van der Waals surface area contributed by atoms with Crippen LogP contribution in [-0.4, -0.2) is 14.8 Å². The number of nitrogens with two attached hydrogens (primary N) is 1. The Labute approximate surface area is 95.2 Å². The molecule has 2 bridgehead atoms. The van der Waals surface area contributed by atoms with E-state index in [2.05, 4.69) is 21.8 Å². The van der Waals surface area contributed by atoms with E-state index < -0.39 is 0 Å². The summed E-state index contributed by atoms with van der Waals surface area (Å²) in [6.07, 6.45) is 4.42. The van der Waals surface area contributed by atoms with E-state index >= 15 is 0 Å². The third kappa shape index (κ3) is 0.943. The zero-order valence-corrected chi connectivity index (χ0v) is 9.63. The van der Waals surface area contributed by atoms with Gasteiger partial charge in [-0.15, -0.1) is 10.2 Å². The first-order valence-corrected chi connectivity index (χ1v) is 6.39. The molecule has 86 valence electrons. The van der Waals surface area contributed by atoms with Crippen molar-refractivity contribution in [2.24, 2.45) is 36.5 Å². The molecule has 3 aliphatic carbocycles. The van der Waals surface area contributed by atoms with Crippen LogP contribution in [0.3, 0.4) is 0 Å². The fraction of sp³-hybridized carbons (Fsp3) is 0.833. The molecule has 3 saturated carbocycles. The van der Waals surface area contributed by atoms with Gasteiger partial charge in [0.15, 0.2) is 0 Å². The van der Waals surface area contributed by atoms with Gasteiger partial charge in [0.25, 0.3) is 0 Å². The molecular formula is C12H18N4. The first-order chi connectivity index (χ1) is 7.81. The van der Waals surface area contributed by atoms with Crippen molar-refractivity contribution >= 4 is 0 Å². The van der Waals surface area contributed by atoms with Crippen LogP contribution in [0.15, 0.2) is 0 Å². The SMILES string of the molecule is Cn1c(CN)nnc1C1C2C3CCC(C3)C12. The van der Waals surface area contributed by atoms with Crippen LogP contribution in [-0.2, 0) is 13.6 Å². The third-order valence-corrected chi connectivity index (χ3v) is 5.21. The van der Waals surface area contributed by atoms with Crippen LogP contribution in [0.5, 0.6) is 0 Å². The van der Waals surface area contributed by atoms with E-state index in [1.807, 2.05) is 0 Å². The monoisotopic (exact) mass is 218 g/mol. The van der Waals surface area contributed by atoms with Gasteiger partial charge in [-0.1, -0.05) is 0 Å². The Bertz CT molecular complexity index is 422. The number of aromatic nitrogens is 3. The molecule has 0 aromatic carbocycles. The zero-order valence-electron chi connectivity index (χ0n) is 9.63. The fourth-order valence-corrected chi connectivity index (χ4v) is 4.51. The second-order valence-corrected chi connectivity index (χ2v) is 5.75. The lowest BCUT2D eigenvalue weighted by atomic mass is 10.0. The minimum absolute atomic E-state index is 0.498. The number of nitrogens with zero attached hydrogens (tertiary/aromatic N) is 3. The van der Waals surface area contributed by atoms with Gasteiger partial charge in [-0.05, 0) is 42.9 Å². The van der Waals surface area contributed by atoms with E-state index in [1.54, 1.807) is 0 Å². The fourth-order valence-electron chi connectivity index (χ4n) is 4.51. The Hall–Kier alpha value is -0.900. The van der Waals surface area contributed by atoms with E-state index in [-0.39, 0.29) is 0 Å². The molecule has 0 radical (unpaired) electrons. The van der Waals surface area contributed by atoms with E-state index in [0.717, 1.165) is 29.5 Å². The van der Waals surface area contributed by atoms with Crippen molar-refractivity contribution in [3.05, 3.63) is 11.6 Å². The number of hydrogen-bond donors (Lipinski definition) is 1. The standard InChI is InChI=1S/C12H18N4/c1-16-8(5-13)14-15-12(16)11-9-6-2-3-7(4-6)10(9)11/h6-7,9-11H,2-5,13H2,1H3. The zero-order chi connectivity index (χ0) is 10.9. The highest BCUT2D eigenvalue weighted by atomic mass is 15.3. The van der Waals surface area contributed by atoms with Gasteiger partial charge in [0.05, 0.1) is 6.54 Å². The Balaban J connectivity index is 1.66. The van der Waals surface area contributed by atoms with Crippen molar-refractivity contribution in [1.82, 2.24) is 14.8 Å². The van der Waals surface area contributed by atoms with Crippen molar-refractivity contribution < 1.29 is 0 Å². The summed E-state index contributed by atoms with van der Waals surface area (Å²) in [4.78, 5) is 0. The molecule has 2 N–H and O–H groups in total. The van der Waals surface area contributed by atoms with E-state index in [0.29, 0.717) is 12.5 Å². The lowest BCUT2D eigenvalue weighted by Crippen LogP contribution is -2.08. The van der Waals surface area contributed by atoms with E-state index in [1.165, 1.54) is 25.1 Å². The van der Waals surface area contributed by atoms with Gasteiger partial charge in [0.1, 0.15) is 11.6 Å². The molecule has 4 nitrogen and oxygen atoms in total. The molecule has 3 fully saturated rings. The molecule has 0 aliphatic heterocycles. The number of rotatable bonds is 2. The Morgan fingerprint density at radius 2 is 1.94 bits per heavy atom. The van der Waals surface area contributed by atoms with Gasteiger partial charge in [-0.3, -0.25) is 0 Å². The van der Waals surface area contributed by atoms with Gasteiger partial charge in [0.2, 0.25) is 0 Å². The highest BCUT2D eigenvalue weighted by molar-refractivity contribution is 5.24. The molecule has 0 spiro atoms. The van der Waals surface area contributed by atoms with Crippen LogP contribution in [0.25, 0.3) is 0 Å². The lowest BCUT2D eigenvalue weighted by Gasteiger charge is -2.08. The van der Waals surface area contributed by atoms with Crippen molar-refractivity contribution in [2.75, 3.05) is 0 Å². The Morgan fingerprint density at radius 1 is 1.25 bits per heavy atom. The van der Waals surface area contributed by atoms with Crippen LogP contribution >= 0.6 is 0 Å². The molecule has 1 heterocycles. The summed E-state index contributed by atoms with van der Waals surface area (Å²) in [5.41, 5.74) is 5.64. The molecule has 0 saturated heterocycles. The summed E-state index contributed by atoms with van der Waals surface area (Å²) < 4.78 is 2.13. The van der Waals surface area contributed by atoms with Crippen LogP contribution in [0, 0.1) is 23.7 Å². The summed E-state index contributed by atoms with van der Waals surface area (Å²) in [5.74, 6) is 6.71.